The third-order valence-electron chi connectivity index (χ3n) is 5.12. The highest BCUT2D eigenvalue weighted by Gasteiger charge is 2.15. The van der Waals surface area contributed by atoms with Crippen molar-refractivity contribution in [1.29, 1.82) is 0 Å². The lowest BCUT2D eigenvalue weighted by atomic mass is 10.0. The first kappa shape index (κ1) is 24.9. The van der Waals surface area contributed by atoms with Crippen LogP contribution in [-0.4, -0.2) is 62.2 Å². The van der Waals surface area contributed by atoms with Crippen molar-refractivity contribution in [2.45, 2.75) is 52.6 Å². The summed E-state index contributed by atoms with van der Waals surface area (Å²) < 4.78 is 0. The number of anilines is 1. The van der Waals surface area contributed by atoms with Gasteiger partial charge in [0.25, 0.3) is 0 Å². The summed E-state index contributed by atoms with van der Waals surface area (Å²) in [5, 5.41) is 6.94. The summed E-state index contributed by atoms with van der Waals surface area (Å²) in [6.07, 6.45) is 5.61. The molecule has 28 heavy (non-hydrogen) atoms. The largest absolute Gasteiger partial charge is 0.354 e. The molecular formula is C21H39IN6. The monoisotopic (exact) mass is 502 g/mol. The Morgan fingerprint density at radius 2 is 1.89 bits per heavy atom. The molecule has 0 aliphatic carbocycles. The summed E-state index contributed by atoms with van der Waals surface area (Å²) in [6, 6.07) is 4.69. The number of halogens is 1. The van der Waals surface area contributed by atoms with Gasteiger partial charge in [0, 0.05) is 52.0 Å². The maximum atomic E-state index is 4.57. The van der Waals surface area contributed by atoms with Crippen molar-refractivity contribution >= 4 is 35.8 Å². The topological polar surface area (TPSA) is 55.8 Å². The average Bonchev–Trinajstić information content (AvgIpc) is 2.65. The minimum Gasteiger partial charge on any atom is -0.354 e. The minimum absolute atomic E-state index is 0. The van der Waals surface area contributed by atoms with E-state index in [1.54, 1.807) is 0 Å². The molecule has 0 bridgehead atoms. The lowest BCUT2D eigenvalue weighted by molar-refractivity contribution is 0.312. The van der Waals surface area contributed by atoms with Crippen LogP contribution in [0.5, 0.6) is 0 Å². The van der Waals surface area contributed by atoms with Gasteiger partial charge in [0.05, 0.1) is 0 Å². The van der Waals surface area contributed by atoms with Gasteiger partial charge in [0.2, 0.25) is 0 Å². The molecule has 1 fully saturated rings. The molecule has 0 aromatic carbocycles. The van der Waals surface area contributed by atoms with Crippen LogP contribution < -0.4 is 15.5 Å². The van der Waals surface area contributed by atoms with E-state index in [-0.39, 0.29) is 24.0 Å². The first-order valence-electron chi connectivity index (χ1n) is 10.3. The van der Waals surface area contributed by atoms with Crippen molar-refractivity contribution in [2.75, 3.05) is 45.2 Å². The van der Waals surface area contributed by atoms with Crippen LogP contribution in [0.25, 0.3) is 0 Å². The van der Waals surface area contributed by atoms with E-state index in [4.69, 9.17) is 0 Å². The molecule has 2 N–H and O–H groups in total. The summed E-state index contributed by atoms with van der Waals surface area (Å²) in [7, 11) is 4.01. The normalized spacial score (nSPS) is 16.6. The molecule has 2 rings (SSSR count). The van der Waals surface area contributed by atoms with Crippen LogP contribution in [-0.2, 0) is 6.54 Å². The molecule has 6 nitrogen and oxygen atoms in total. The number of hydrogen-bond donors (Lipinski definition) is 2. The smallest absolute Gasteiger partial charge is 0.191 e. The van der Waals surface area contributed by atoms with Gasteiger partial charge >= 0.3 is 0 Å². The number of guanidine groups is 1. The van der Waals surface area contributed by atoms with Gasteiger partial charge in [0.15, 0.2) is 5.96 Å². The summed E-state index contributed by atoms with van der Waals surface area (Å²) >= 11 is 0. The van der Waals surface area contributed by atoms with E-state index < -0.39 is 0 Å². The molecule has 1 aromatic rings. The second kappa shape index (κ2) is 13.2. The van der Waals surface area contributed by atoms with Crippen molar-refractivity contribution in [2.24, 2.45) is 10.9 Å². The Morgan fingerprint density at radius 3 is 2.54 bits per heavy atom. The summed E-state index contributed by atoms with van der Waals surface area (Å²) in [4.78, 5) is 13.7. The molecule has 1 atom stereocenters. The Balaban J connectivity index is 0.00000392. The zero-order valence-electron chi connectivity index (χ0n) is 18.2. The highest BCUT2D eigenvalue weighted by molar-refractivity contribution is 14.0. The van der Waals surface area contributed by atoms with E-state index in [0.717, 1.165) is 50.4 Å². The number of likely N-dealkylation sites (N-methyl/N-ethyl adjacent to an activating group) is 1. The van der Waals surface area contributed by atoms with Crippen molar-refractivity contribution in [3.8, 4) is 0 Å². The molecule has 1 saturated heterocycles. The molecule has 0 amide bonds. The Morgan fingerprint density at radius 1 is 1.18 bits per heavy atom. The molecule has 1 aliphatic rings. The highest BCUT2D eigenvalue weighted by Crippen LogP contribution is 2.14. The van der Waals surface area contributed by atoms with Crippen molar-refractivity contribution in [3.05, 3.63) is 23.9 Å². The van der Waals surface area contributed by atoms with Gasteiger partial charge in [-0.05, 0) is 44.0 Å². The SMILES string of the molecule is CN=C(NCc1ccnc(N2CCN(C)CC2)c1)NC(C)CCCC(C)C.I. The maximum Gasteiger partial charge on any atom is 0.191 e. The summed E-state index contributed by atoms with van der Waals surface area (Å²) in [6.45, 7) is 11.8. The second-order valence-corrected chi connectivity index (χ2v) is 8.11. The van der Waals surface area contributed by atoms with Crippen LogP contribution in [0.4, 0.5) is 5.82 Å². The Labute approximate surface area is 188 Å². The number of hydrogen-bond acceptors (Lipinski definition) is 4. The summed E-state index contributed by atoms with van der Waals surface area (Å²) in [5.74, 6) is 2.72. The van der Waals surface area contributed by atoms with Gasteiger partial charge in [-0.1, -0.05) is 26.7 Å². The quantitative estimate of drug-likeness (QED) is 0.325. The van der Waals surface area contributed by atoms with Gasteiger partial charge in [-0.25, -0.2) is 4.98 Å². The third kappa shape index (κ3) is 8.94. The molecule has 1 unspecified atom stereocenters. The molecule has 0 saturated carbocycles. The van der Waals surface area contributed by atoms with Gasteiger partial charge in [-0.3, -0.25) is 4.99 Å². The van der Waals surface area contributed by atoms with Crippen molar-refractivity contribution in [1.82, 2.24) is 20.5 Å². The van der Waals surface area contributed by atoms with E-state index in [1.807, 2.05) is 13.2 Å². The lowest BCUT2D eigenvalue weighted by Gasteiger charge is -2.33. The molecular weight excluding hydrogens is 463 g/mol. The Hall–Kier alpha value is -1.09. The van der Waals surface area contributed by atoms with Crippen LogP contribution in [0, 0.1) is 5.92 Å². The number of piperazine rings is 1. The molecule has 160 valence electrons. The van der Waals surface area contributed by atoms with Crippen LogP contribution in [0.3, 0.4) is 0 Å². The van der Waals surface area contributed by atoms with E-state index in [2.05, 4.69) is 70.4 Å². The fourth-order valence-corrected chi connectivity index (χ4v) is 3.30. The number of aromatic nitrogens is 1. The molecule has 0 spiro atoms. The highest BCUT2D eigenvalue weighted by atomic mass is 127. The van der Waals surface area contributed by atoms with Crippen LogP contribution >= 0.6 is 24.0 Å². The van der Waals surface area contributed by atoms with E-state index >= 15 is 0 Å². The van der Waals surface area contributed by atoms with Gasteiger partial charge in [-0.2, -0.15) is 0 Å². The van der Waals surface area contributed by atoms with Crippen molar-refractivity contribution in [3.63, 3.8) is 0 Å². The average molecular weight is 502 g/mol. The molecule has 1 aliphatic heterocycles. The number of pyridine rings is 1. The molecule has 0 radical (unpaired) electrons. The van der Waals surface area contributed by atoms with Crippen molar-refractivity contribution < 1.29 is 0 Å². The fraction of sp³-hybridized carbons (Fsp3) is 0.714. The number of aliphatic imine (C=N–C) groups is 1. The number of nitrogens with one attached hydrogen (secondary N) is 2. The van der Waals surface area contributed by atoms with Crippen LogP contribution in [0.1, 0.15) is 45.6 Å². The Bertz CT molecular complexity index is 584. The van der Waals surface area contributed by atoms with Crippen LogP contribution in [0.2, 0.25) is 0 Å². The second-order valence-electron chi connectivity index (χ2n) is 8.11. The van der Waals surface area contributed by atoms with Gasteiger partial charge in [-0.15, -0.1) is 24.0 Å². The zero-order valence-corrected chi connectivity index (χ0v) is 20.6. The first-order chi connectivity index (χ1) is 13.0. The predicted molar refractivity (Wildman–Crippen MR) is 131 cm³/mol. The third-order valence-corrected chi connectivity index (χ3v) is 5.12. The van der Waals surface area contributed by atoms with E-state index in [9.17, 15) is 0 Å². The lowest BCUT2D eigenvalue weighted by Crippen LogP contribution is -2.45. The number of rotatable bonds is 8. The van der Waals surface area contributed by atoms with Crippen LogP contribution in [0.15, 0.2) is 23.3 Å². The molecule has 7 heteroatoms. The molecule has 1 aromatic heterocycles. The first-order valence-corrected chi connectivity index (χ1v) is 10.3. The minimum atomic E-state index is 0. The van der Waals surface area contributed by atoms with E-state index in [0.29, 0.717) is 6.04 Å². The number of nitrogens with zero attached hydrogens (tertiary/aromatic N) is 4. The van der Waals surface area contributed by atoms with E-state index in [1.165, 1.54) is 24.8 Å². The maximum absolute atomic E-state index is 4.57. The summed E-state index contributed by atoms with van der Waals surface area (Å²) in [5.41, 5.74) is 1.23. The molecule has 2 heterocycles. The van der Waals surface area contributed by atoms with Gasteiger partial charge < -0.3 is 20.4 Å². The van der Waals surface area contributed by atoms with Gasteiger partial charge in [0.1, 0.15) is 5.82 Å². The Kier molecular flexibility index (Phi) is 11.8. The predicted octanol–water partition coefficient (Wildman–Crippen LogP) is 3.33. The fourth-order valence-electron chi connectivity index (χ4n) is 3.30. The zero-order chi connectivity index (χ0) is 19.6. The standard InChI is InChI=1S/C21H38N6.HI/c1-17(2)7-6-8-18(3)25-21(22-4)24-16-19-9-10-23-20(15-19)27-13-11-26(5)12-14-27;/h9-10,15,17-18H,6-8,11-14,16H2,1-5H3,(H2,22,24,25);1H.